The van der Waals surface area contributed by atoms with Crippen LogP contribution in [-0.2, 0) is 6.42 Å². The second-order valence-electron chi connectivity index (χ2n) is 4.07. The van der Waals surface area contributed by atoms with E-state index < -0.39 is 0 Å². The van der Waals surface area contributed by atoms with Crippen molar-refractivity contribution in [2.75, 3.05) is 11.1 Å². The second-order valence-corrected chi connectivity index (χ2v) is 4.07. The molecule has 2 aromatic rings. The number of hydrogen-bond donors (Lipinski definition) is 2. The van der Waals surface area contributed by atoms with Gasteiger partial charge in [-0.25, -0.2) is 0 Å². The van der Waals surface area contributed by atoms with Gasteiger partial charge in [-0.1, -0.05) is 12.1 Å². The van der Waals surface area contributed by atoms with Crippen LogP contribution in [0.25, 0.3) is 0 Å². The standard InChI is InChI=1S/C15H12N4/c16-8-7-11-1-4-13(5-2-11)19-14-6-3-12(10-17)15(18)9-14/h1-6,9,19H,7,18H2. The van der Waals surface area contributed by atoms with Crippen molar-refractivity contribution in [3.8, 4) is 12.1 Å². The first kappa shape index (κ1) is 12.5. The van der Waals surface area contributed by atoms with E-state index in [2.05, 4.69) is 11.4 Å². The zero-order valence-corrected chi connectivity index (χ0v) is 10.2. The summed E-state index contributed by atoms with van der Waals surface area (Å²) in [6.07, 6.45) is 0.407. The largest absolute Gasteiger partial charge is 0.398 e. The summed E-state index contributed by atoms with van der Waals surface area (Å²) >= 11 is 0. The number of nitrogens with one attached hydrogen (secondary N) is 1. The van der Waals surface area contributed by atoms with Crippen LogP contribution in [0.15, 0.2) is 42.5 Å². The number of anilines is 3. The number of nitriles is 2. The third-order valence-electron chi connectivity index (χ3n) is 2.70. The lowest BCUT2D eigenvalue weighted by atomic mass is 10.1. The van der Waals surface area contributed by atoms with Crippen LogP contribution in [0.4, 0.5) is 17.1 Å². The van der Waals surface area contributed by atoms with Crippen molar-refractivity contribution in [3.63, 3.8) is 0 Å². The molecule has 92 valence electrons. The Morgan fingerprint density at radius 2 is 1.68 bits per heavy atom. The highest BCUT2D eigenvalue weighted by atomic mass is 14.9. The Morgan fingerprint density at radius 3 is 2.26 bits per heavy atom. The smallest absolute Gasteiger partial charge is 0.101 e. The van der Waals surface area contributed by atoms with Crippen LogP contribution >= 0.6 is 0 Å². The van der Waals surface area contributed by atoms with Gasteiger partial charge in [0.05, 0.1) is 23.7 Å². The van der Waals surface area contributed by atoms with Gasteiger partial charge in [0.15, 0.2) is 0 Å². The van der Waals surface area contributed by atoms with Gasteiger partial charge in [0.25, 0.3) is 0 Å². The summed E-state index contributed by atoms with van der Waals surface area (Å²) in [5.41, 5.74) is 9.38. The Morgan fingerprint density at radius 1 is 1.00 bits per heavy atom. The Balaban J connectivity index is 2.15. The Labute approximate surface area is 111 Å². The summed E-state index contributed by atoms with van der Waals surface area (Å²) in [6, 6.07) is 17.0. The third kappa shape index (κ3) is 3.02. The molecule has 0 heterocycles. The molecule has 0 unspecified atom stereocenters. The van der Waals surface area contributed by atoms with Crippen molar-refractivity contribution >= 4 is 17.1 Å². The number of nitrogens with zero attached hydrogens (tertiary/aromatic N) is 2. The fraction of sp³-hybridized carbons (Fsp3) is 0.0667. The molecule has 0 aliphatic rings. The van der Waals surface area contributed by atoms with Crippen molar-refractivity contribution in [3.05, 3.63) is 53.6 Å². The maximum Gasteiger partial charge on any atom is 0.101 e. The van der Waals surface area contributed by atoms with Gasteiger partial charge in [0.1, 0.15) is 6.07 Å². The van der Waals surface area contributed by atoms with Crippen molar-refractivity contribution in [1.29, 1.82) is 10.5 Å². The minimum Gasteiger partial charge on any atom is -0.398 e. The van der Waals surface area contributed by atoms with E-state index in [0.29, 0.717) is 17.7 Å². The van der Waals surface area contributed by atoms with Gasteiger partial charge in [-0.05, 0) is 35.9 Å². The average molecular weight is 248 g/mol. The van der Waals surface area contributed by atoms with Crippen LogP contribution in [0.5, 0.6) is 0 Å². The van der Waals surface area contributed by atoms with Crippen LogP contribution in [0.2, 0.25) is 0 Å². The Kier molecular flexibility index (Phi) is 3.66. The lowest BCUT2D eigenvalue weighted by molar-refractivity contribution is 1.26. The third-order valence-corrected chi connectivity index (χ3v) is 2.70. The molecule has 0 saturated carbocycles. The molecule has 19 heavy (non-hydrogen) atoms. The summed E-state index contributed by atoms with van der Waals surface area (Å²) in [4.78, 5) is 0. The SMILES string of the molecule is N#CCc1ccc(Nc2ccc(C#N)c(N)c2)cc1. The highest BCUT2D eigenvalue weighted by Crippen LogP contribution is 2.21. The van der Waals surface area contributed by atoms with E-state index in [1.165, 1.54) is 0 Å². The number of nitrogens with two attached hydrogens (primary N) is 1. The molecule has 0 aliphatic carbocycles. The van der Waals surface area contributed by atoms with E-state index >= 15 is 0 Å². The molecule has 0 aromatic heterocycles. The van der Waals surface area contributed by atoms with Gasteiger partial charge in [0.2, 0.25) is 0 Å². The molecule has 0 saturated heterocycles. The molecule has 4 nitrogen and oxygen atoms in total. The van der Waals surface area contributed by atoms with Crippen molar-refractivity contribution in [2.45, 2.75) is 6.42 Å². The first-order valence-corrected chi connectivity index (χ1v) is 5.75. The molecule has 2 aromatic carbocycles. The highest BCUT2D eigenvalue weighted by molar-refractivity contribution is 5.67. The number of hydrogen-bond acceptors (Lipinski definition) is 4. The topological polar surface area (TPSA) is 85.6 Å². The molecule has 0 spiro atoms. The first-order valence-electron chi connectivity index (χ1n) is 5.75. The van der Waals surface area contributed by atoms with Crippen LogP contribution in [0.3, 0.4) is 0 Å². The predicted molar refractivity (Wildman–Crippen MR) is 74.6 cm³/mol. The van der Waals surface area contributed by atoms with Crippen LogP contribution in [-0.4, -0.2) is 0 Å². The van der Waals surface area contributed by atoms with Crippen LogP contribution in [0.1, 0.15) is 11.1 Å². The summed E-state index contributed by atoms with van der Waals surface area (Å²) in [6.45, 7) is 0. The molecular weight excluding hydrogens is 236 g/mol. The van der Waals surface area contributed by atoms with Gasteiger partial charge in [-0.2, -0.15) is 10.5 Å². The van der Waals surface area contributed by atoms with Gasteiger partial charge < -0.3 is 11.1 Å². The number of rotatable bonds is 3. The summed E-state index contributed by atoms with van der Waals surface area (Å²) in [5, 5.41) is 20.6. The zero-order chi connectivity index (χ0) is 13.7. The van der Waals surface area contributed by atoms with Crippen LogP contribution in [0, 0.1) is 22.7 Å². The fourth-order valence-corrected chi connectivity index (χ4v) is 1.71. The van der Waals surface area contributed by atoms with E-state index in [1.54, 1.807) is 18.2 Å². The zero-order valence-electron chi connectivity index (χ0n) is 10.2. The maximum atomic E-state index is 8.80. The molecule has 4 heteroatoms. The number of benzene rings is 2. The molecule has 0 radical (unpaired) electrons. The normalized spacial score (nSPS) is 9.37. The van der Waals surface area contributed by atoms with Crippen molar-refractivity contribution < 1.29 is 0 Å². The summed E-state index contributed by atoms with van der Waals surface area (Å²) in [7, 11) is 0. The maximum absolute atomic E-state index is 8.80. The van der Waals surface area contributed by atoms with E-state index in [0.717, 1.165) is 16.9 Å². The fourth-order valence-electron chi connectivity index (χ4n) is 1.71. The van der Waals surface area contributed by atoms with E-state index in [-0.39, 0.29) is 0 Å². The Hall–Kier alpha value is -2.98. The van der Waals surface area contributed by atoms with Gasteiger partial charge in [-0.15, -0.1) is 0 Å². The average Bonchev–Trinajstić information content (AvgIpc) is 2.42. The minimum absolute atomic E-state index is 0.407. The lowest BCUT2D eigenvalue weighted by Gasteiger charge is -2.08. The quantitative estimate of drug-likeness (QED) is 0.818. The monoisotopic (exact) mass is 248 g/mol. The molecule has 0 atom stereocenters. The predicted octanol–water partition coefficient (Wildman–Crippen LogP) is 2.95. The van der Waals surface area contributed by atoms with Gasteiger partial charge in [-0.3, -0.25) is 0 Å². The van der Waals surface area contributed by atoms with Crippen LogP contribution < -0.4 is 11.1 Å². The first-order chi connectivity index (χ1) is 9.22. The second kappa shape index (κ2) is 5.57. The molecule has 0 fully saturated rings. The highest BCUT2D eigenvalue weighted by Gasteiger charge is 2.00. The van der Waals surface area contributed by atoms with Gasteiger partial charge in [0, 0.05) is 11.4 Å². The van der Waals surface area contributed by atoms with Crippen molar-refractivity contribution in [2.24, 2.45) is 0 Å². The van der Waals surface area contributed by atoms with Crippen molar-refractivity contribution in [1.82, 2.24) is 0 Å². The molecule has 0 amide bonds. The molecule has 0 aliphatic heterocycles. The molecule has 2 rings (SSSR count). The Bertz CT molecular complexity index is 660. The summed E-state index contributed by atoms with van der Waals surface area (Å²) < 4.78 is 0. The number of nitrogen functional groups attached to an aromatic ring is 1. The van der Waals surface area contributed by atoms with E-state index in [1.807, 2.05) is 30.3 Å². The van der Waals surface area contributed by atoms with E-state index in [9.17, 15) is 0 Å². The molecule has 3 N–H and O–H groups in total. The molecular formula is C15H12N4. The van der Waals surface area contributed by atoms with Gasteiger partial charge >= 0.3 is 0 Å². The molecule has 0 bridgehead atoms. The minimum atomic E-state index is 0.407. The van der Waals surface area contributed by atoms with E-state index in [4.69, 9.17) is 16.3 Å². The lowest BCUT2D eigenvalue weighted by Crippen LogP contribution is -1.95. The summed E-state index contributed by atoms with van der Waals surface area (Å²) in [5.74, 6) is 0.